The van der Waals surface area contributed by atoms with Gasteiger partial charge in [-0.05, 0) is 25.0 Å². The predicted molar refractivity (Wildman–Crippen MR) is 75.3 cm³/mol. The first kappa shape index (κ1) is 17.1. The molecule has 0 radical (unpaired) electrons. The second kappa shape index (κ2) is 5.65. The van der Waals surface area contributed by atoms with E-state index < -0.39 is 29.0 Å². The largest absolute Gasteiger partial charge is 0.418 e. The van der Waals surface area contributed by atoms with Crippen LogP contribution in [0.25, 0.3) is 11.0 Å². The van der Waals surface area contributed by atoms with E-state index in [4.69, 9.17) is 5.73 Å². The Morgan fingerprint density at radius 1 is 1.00 bits per heavy atom. The molecule has 1 aromatic carbocycles. The van der Waals surface area contributed by atoms with Gasteiger partial charge in [0.25, 0.3) is 0 Å². The van der Waals surface area contributed by atoms with Crippen LogP contribution in [0.2, 0.25) is 0 Å². The van der Waals surface area contributed by atoms with Gasteiger partial charge in [0.15, 0.2) is 0 Å². The third kappa shape index (κ3) is 3.09. The predicted octanol–water partition coefficient (Wildman–Crippen LogP) is 4.59. The zero-order chi connectivity index (χ0) is 17.7. The van der Waals surface area contributed by atoms with Crippen molar-refractivity contribution >= 4 is 11.0 Å². The number of alkyl halides is 6. The Morgan fingerprint density at radius 3 is 2.25 bits per heavy atom. The molecule has 1 saturated carbocycles. The monoisotopic (exact) mass is 351 g/mol. The normalized spacial score (nSPS) is 23.0. The lowest BCUT2D eigenvalue weighted by Crippen LogP contribution is -2.31. The van der Waals surface area contributed by atoms with E-state index in [0.29, 0.717) is 18.9 Å². The van der Waals surface area contributed by atoms with Crippen molar-refractivity contribution in [1.82, 2.24) is 9.97 Å². The molecular formula is C15H15F6N3. The number of nitrogens with two attached hydrogens (primary N) is 1. The lowest BCUT2D eigenvalue weighted by atomic mass is 9.84. The first-order valence-electron chi connectivity index (χ1n) is 7.51. The minimum Gasteiger partial charge on any atom is -0.342 e. The van der Waals surface area contributed by atoms with Gasteiger partial charge in [0.1, 0.15) is 11.3 Å². The molecule has 24 heavy (non-hydrogen) atoms. The quantitative estimate of drug-likeness (QED) is 0.739. The summed E-state index contributed by atoms with van der Waals surface area (Å²) in [6.45, 7) is 0. The maximum atomic E-state index is 13.2. The van der Waals surface area contributed by atoms with Crippen LogP contribution in [-0.2, 0) is 12.4 Å². The Balaban J connectivity index is 2.17. The summed E-state index contributed by atoms with van der Waals surface area (Å²) in [6.07, 6.45) is -6.67. The number of fused-ring (bicyclic) bond motifs is 1. The van der Waals surface area contributed by atoms with Crippen molar-refractivity contribution in [3.63, 3.8) is 0 Å². The molecule has 3 N–H and O–H groups in total. The van der Waals surface area contributed by atoms with Gasteiger partial charge in [-0.2, -0.15) is 26.3 Å². The lowest BCUT2D eigenvalue weighted by molar-refractivity contribution is -0.142. The lowest BCUT2D eigenvalue weighted by Gasteiger charge is -2.26. The molecule has 0 aliphatic heterocycles. The molecule has 132 valence electrons. The first-order chi connectivity index (χ1) is 11.1. The number of hydrogen-bond donors (Lipinski definition) is 2. The van der Waals surface area contributed by atoms with Crippen LogP contribution < -0.4 is 5.73 Å². The molecule has 0 spiro atoms. The average Bonchev–Trinajstić information content (AvgIpc) is 2.88. The zero-order valence-corrected chi connectivity index (χ0v) is 12.4. The van der Waals surface area contributed by atoms with Crippen molar-refractivity contribution in [2.45, 2.75) is 50.0 Å². The van der Waals surface area contributed by atoms with Gasteiger partial charge in [0.05, 0.1) is 16.6 Å². The highest BCUT2D eigenvalue weighted by molar-refractivity contribution is 5.80. The molecule has 0 amide bonds. The number of benzene rings is 1. The molecule has 0 saturated heterocycles. The maximum Gasteiger partial charge on any atom is 0.418 e. The van der Waals surface area contributed by atoms with Gasteiger partial charge in [-0.3, -0.25) is 0 Å². The van der Waals surface area contributed by atoms with Crippen molar-refractivity contribution in [1.29, 1.82) is 0 Å². The fourth-order valence-corrected chi connectivity index (χ4v) is 3.19. The van der Waals surface area contributed by atoms with Crippen LogP contribution >= 0.6 is 0 Å². The van der Waals surface area contributed by atoms with E-state index in [9.17, 15) is 26.3 Å². The summed E-state index contributed by atoms with van der Waals surface area (Å²) >= 11 is 0. The number of aromatic nitrogens is 2. The van der Waals surface area contributed by atoms with Gasteiger partial charge < -0.3 is 10.7 Å². The summed E-state index contributed by atoms with van der Waals surface area (Å²) in [5.74, 6) is -0.0522. The topological polar surface area (TPSA) is 54.7 Å². The number of rotatable bonds is 1. The molecule has 3 rings (SSSR count). The smallest absolute Gasteiger partial charge is 0.342 e. The summed E-state index contributed by atoms with van der Waals surface area (Å²) in [6, 6.07) is 0.499. The fraction of sp³-hybridized carbons (Fsp3) is 0.533. The highest BCUT2D eigenvalue weighted by Crippen LogP contribution is 2.40. The number of aromatic amines is 1. The number of imidazole rings is 1. The van der Waals surface area contributed by atoms with Crippen LogP contribution in [-0.4, -0.2) is 16.0 Å². The standard InChI is InChI=1S/C15H15F6N3/c16-14(17,18)7-5-9(15(19,20)21)12-11(6-7)23-13(24-12)8-3-1-2-4-10(8)22/h5-6,8,10H,1-4,22H2,(H,23,24)/t8-,10-/m1/s1. The Labute approximate surface area is 133 Å². The number of nitrogens with one attached hydrogen (secondary N) is 1. The first-order valence-corrected chi connectivity index (χ1v) is 7.51. The Bertz CT molecular complexity index is 746. The molecule has 0 unspecified atom stereocenters. The number of nitrogens with zero attached hydrogens (tertiary/aromatic N) is 1. The van der Waals surface area contributed by atoms with E-state index in [1.54, 1.807) is 0 Å². The highest BCUT2D eigenvalue weighted by Gasteiger charge is 2.39. The molecule has 1 aromatic heterocycles. The minimum atomic E-state index is -4.93. The molecule has 1 fully saturated rings. The van der Waals surface area contributed by atoms with Gasteiger partial charge >= 0.3 is 12.4 Å². The summed E-state index contributed by atoms with van der Waals surface area (Å²) in [5.41, 5.74) is 2.48. The van der Waals surface area contributed by atoms with Crippen LogP contribution in [0.5, 0.6) is 0 Å². The van der Waals surface area contributed by atoms with E-state index in [2.05, 4.69) is 9.97 Å². The molecule has 0 bridgehead atoms. The van der Waals surface area contributed by atoms with Gasteiger partial charge in [-0.1, -0.05) is 12.8 Å². The van der Waals surface area contributed by atoms with Crippen molar-refractivity contribution in [3.8, 4) is 0 Å². The van der Waals surface area contributed by atoms with Crippen LogP contribution in [0, 0.1) is 0 Å². The van der Waals surface area contributed by atoms with E-state index in [-0.39, 0.29) is 29.4 Å². The maximum absolute atomic E-state index is 13.2. The van der Waals surface area contributed by atoms with Crippen molar-refractivity contribution in [2.24, 2.45) is 5.73 Å². The number of H-pyrrole nitrogens is 1. The number of hydrogen-bond acceptors (Lipinski definition) is 2. The number of halogens is 6. The molecule has 9 heteroatoms. The molecule has 2 aromatic rings. The van der Waals surface area contributed by atoms with Gasteiger partial charge in [0.2, 0.25) is 0 Å². The summed E-state index contributed by atoms with van der Waals surface area (Å²) < 4.78 is 78.2. The SMILES string of the molecule is N[C@@H]1CCCC[C@H]1c1nc2c(C(F)(F)F)cc(C(F)(F)F)cc2[nH]1. The van der Waals surface area contributed by atoms with Gasteiger partial charge in [-0.25, -0.2) is 4.98 Å². The highest BCUT2D eigenvalue weighted by atomic mass is 19.4. The summed E-state index contributed by atoms with van der Waals surface area (Å²) in [7, 11) is 0. The molecular weight excluding hydrogens is 336 g/mol. The second-order valence-electron chi connectivity index (χ2n) is 6.09. The van der Waals surface area contributed by atoms with Crippen LogP contribution in [0.15, 0.2) is 12.1 Å². The van der Waals surface area contributed by atoms with E-state index in [0.717, 1.165) is 12.8 Å². The van der Waals surface area contributed by atoms with Gasteiger partial charge in [-0.15, -0.1) is 0 Å². The van der Waals surface area contributed by atoms with E-state index in [1.165, 1.54) is 0 Å². The van der Waals surface area contributed by atoms with Crippen LogP contribution in [0.4, 0.5) is 26.3 Å². The van der Waals surface area contributed by atoms with Crippen molar-refractivity contribution in [2.75, 3.05) is 0 Å². The molecule has 3 nitrogen and oxygen atoms in total. The molecule has 1 heterocycles. The average molecular weight is 351 g/mol. The molecule has 2 atom stereocenters. The Morgan fingerprint density at radius 2 is 1.67 bits per heavy atom. The van der Waals surface area contributed by atoms with Crippen LogP contribution in [0.3, 0.4) is 0 Å². The molecule has 1 aliphatic rings. The Hall–Kier alpha value is -1.77. The zero-order valence-electron chi connectivity index (χ0n) is 12.4. The summed E-state index contributed by atoms with van der Waals surface area (Å²) in [5, 5.41) is 0. The van der Waals surface area contributed by atoms with Crippen molar-refractivity contribution in [3.05, 3.63) is 29.1 Å². The van der Waals surface area contributed by atoms with Gasteiger partial charge in [0, 0.05) is 12.0 Å². The van der Waals surface area contributed by atoms with Crippen LogP contribution in [0.1, 0.15) is 48.6 Å². The van der Waals surface area contributed by atoms with E-state index >= 15 is 0 Å². The summed E-state index contributed by atoms with van der Waals surface area (Å²) in [4.78, 5) is 6.58. The third-order valence-corrected chi connectivity index (χ3v) is 4.41. The van der Waals surface area contributed by atoms with E-state index in [1.807, 2.05) is 0 Å². The second-order valence-corrected chi connectivity index (χ2v) is 6.09. The Kier molecular flexibility index (Phi) is 4.01. The van der Waals surface area contributed by atoms with Crippen molar-refractivity contribution < 1.29 is 26.3 Å². The third-order valence-electron chi connectivity index (χ3n) is 4.41. The minimum absolute atomic E-state index is 0.105. The molecule has 1 aliphatic carbocycles. The fourth-order valence-electron chi connectivity index (χ4n) is 3.19.